The lowest BCUT2D eigenvalue weighted by atomic mass is 9.97. The van der Waals surface area contributed by atoms with E-state index < -0.39 is 12.1 Å². The number of nitrogens with one attached hydrogen (secondary N) is 2. The molecule has 0 radical (unpaired) electrons. The van der Waals surface area contributed by atoms with E-state index in [1.165, 1.54) is 5.56 Å². The number of aromatic nitrogens is 3. The summed E-state index contributed by atoms with van der Waals surface area (Å²) in [6.45, 7) is 2.09. The Morgan fingerprint density at radius 1 is 1.18 bits per heavy atom. The number of carbonyl (C=O) groups is 1. The van der Waals surface area contributed by atoms with Gasteiger partial charge in [0.05, 0.1) is 12.1 Å². The van der Waals surface area contributed by atoms with Crippen LogP contribution in [0.25, 0.3) is 27.9 Å². The number of alkyl halides is 1. The molecule has 1 amide bonds. The molecule has 1 saturated carbocycles. The molecule has 140 valence electrons. The minimum Gasteiger partial charge on any atom is -0.367 e. The van der Waals surface area contributed by atoms with E-state index in [0.29, 0.717) is 12.2 Å². The average Bonchev–Trinajstić information content (AvgIpc) is 3.09. The zero-order chi connectivity index (χ0) is 19.3. The van der Waals surface area contributed by atoms with Crippen LogP contribution in [0.2, 0.25) is 0 Å². The van der Waals surface area contributed by atoms with E-state index in [0.717, 1.165) is 27.9 Å². The minimum atomic E-state index is -1.01. The maximum Gasteiger partial charge on any atom is 0.231 e. The van der Waals surface area contributed by atoms with E-state index in [4.69, 9.17) is 0 Å². The van der Waals surface area contributed by atoms with Crippen molar-refractivity contribution in [3.8, 4) is 22.3 Å². The highest BCUT2D eigenvalue weighted by molar-refractivity contribution is 5.94. The van der Waals surface area contributed by atoms with Gasteiger partial charge in [0.1, 0.15) is 11.8 Å². The monoisotopic (exact) mass is 374 g/mol. The van der Waals surface area contributed by atoms with Gasteiger partial charge in [-0.3, -0.25) is 4.79 Å². The van der Waals surface area contributed by atoms with E-state index in [-0.39, 0.29) is 5.91 Å². The lowest BCUT2D eigenvalue weighted by Gasteiger charge is -2.09. The summed E-state index contributed by atoms with van der Waals surface area (Å²) in [4.78, 5) is 19.4. The van der Waals surface area contributed by atoms with Crippen molar-refractivity contribution in [3.05, 3.63) is 66.7 Å². The molecule has 0 spiro atoms. The molecule has 3 aromatic heterocycles. The van der Waals surface area contributed by atoms with Crippen molar-refractivity contribution < 1.29 is 9.18 Å². The Kier molecular flexibility index (Phi) is 3.79. The molecule has 1 aliphatic carbocycles. The first-order chi connectivity index (χ1) is 13.6. The Balaban J connectivity index is 1.48. The quantitative estimate of drug-likeness (QED) is 0.548. The van der Waals surface area contributed by atoms with Crippen LogP contribution in [0, 0.1) is 12.8 Å². The predicted octanol–water partition coefficient (Wildman–Crippen LogP) is 4.60. The van der Waals surface area contributed by atoms with Crippen LogP contribution in [-0.2, 0) is 4.79 Å². The number of aromatic amines is 1. The van der Waals surface area contributed by atoms with Gasteiger partial charge in [0.25, 0.3) is 0 Å². The molecule has 0 bridgehead atoms. The fourth-order valence-electron chi connectivity index (χ4n) is 3.48. The van der Waals surface area contributed by atoms with Gasteiger partial charge in [0, 0.05) is 18.6 Å². The summed E-state index contributed by atoms with van der Waals surface area (Å²) in [5.74, 6) is -0.385. The summed E-state index contributed by atoms with van der Waals surface area (Å²) in [5.41, 5.74) is 6.38. The van der Waals surface area contributed by atoms with Gasteiger partial charge in [-0.25, -0.2) is 9.37 Å². The molecule has 2 unspecified atom stereocenters. The average molecular weight is 374 g/mol. The third-order valence-electron chi connectivity index (χ3n) is 5.23. The van der Waals surface area contributed by atoms with Crippen molar-refractivity contribution in [2.75, 3.05) is 5.32 Å². The number of anilines is 1. The molecule has 28 heavy (non-hydrogen) atoms. The number of rotatable bonds is 4. The summed E-state index contributed by atoms with van der Waals surface area (Å²) in [7, 11) is 0. The van der Waals surface area contributed by atoms with Crippen LogP contribution in [0.3, 0.4) is 0 Å². The lowest BCUT2D eigenvalue weighted by molar-refractivity contribution is -0.117. The molecule has 0 aliphatic heterocycles. The number of imidazole rings is 1. The number of pyridine rings is 1. The van der Waals surface area contributed by atoms with Crippen LogP contribution >= 0.6 is 0 Å². The molecule has 4 aromatic rings. The van der Waals surface area contributed by atoms with E-state index in [1.54, 1.807) is 6.20 Å². The summed E-state index contributed by atoms with van der Waals surface area (Å²) >= 11 is 0. The van der Waals surface area contributed by atoms with Gasteiger partial charge < -0.3 is 14.7 Å². The molecule has 6 heteroatoms. The van der Waals surface area contributed by atoms with Gasteiger partial charge in [-0.1, -0.05) is 12.1 Å². The maximum atomic E-state index is 13.1. The highest BCUT2D eigenvalue weighted by Gasteiger charge is 2.43. The topological polar surface area (TPSA) is 62.2 Å². The Bertz CT molecular complexity index is 1180. The molecule has 2 atom stereocenters. The Labute approximate surface area is 161 Å². The first-order valence-corrected chi connectivity index (χ1v) is 9.26. The van der Waals surface area contributed by atoms with E-state index in [1.807, 2.05) is 41.2 Å². The smallest absolute Gasteiger partial charge is 0.231 e. The summed E-state index contributed by atoms with van der Waals surface area (Å²) < 4.78 is 14.9. The van der Waals surface area contributed by atoms with Crippen LogP contribution in [-0.4, -0.2) is 26.4 Å². The van der Waals surface area contributed by atoms with Crippen LogP contribution < -0.4 is 5.32 Å². The minimum absolute atomic E-state index is 0.300. The number of carbonyl (C=O) groups excluding carboxylic acids is 1. The van der Waals surface area contributed by atoms with Crippen molar-refractivity contribution in [2.24, 2.45) is 5.92 Å². The van der Waals surface area contributed by atoms with Crippen LogP contribution in [0.1, 0.15) is 12.0 Å². The molecular formula is C22H19FN4O. The molecule has 1 fully saturated rings. The number of fused-ring (bicyclic) bond motifs is 1. The second-order valence-electron chi connectivity index (χ2n) is 7.29. The molecule has 1 aliphatic rings. The van der Waals surface area contributed by atoms with Gasteiger partial charge in [0.15, 0.2) is 5.82 Å². The summed E-state index contributed by atoms with van der Waals surface area (Å²) in [6, 6.07) is 12.4. The normalized spacial score (nSPS) is 18.4. The van der Waals surface area contributed by atoms with Crippen LogP contribution in [0.4, 0.5) is 10.2 Å². The SMILES string of the molecule is Cc1ccc(-c2cc[nH]c2)cc1-c1ccc2nc(NC(=O)C3CC3F)cn2c1. The summed E-state index contributed by atoms with van der Waals surface area (Å²) in [5, 5.41) is 2.71. The fourth-order valence-corrected chi connectivity index (χ4v) is 3.48. The molecule has 5 rings (SSSR count). The number of nitrogens with zero attached hydrogens (tertiary/aromatic N) is 2. The largest absolute Gasteiger partial charge is 0.367 e. The van der Waals surface area contributed by atoms with Crippen molar-refractivity contribution in [1.29, 1.82) is 0 Å². The Morgan fingerprint density at radius 3 is 2.75 bits per heavy atom. The summed E-state index contributed by atoms with van der Waals surface area (Å²) in [6.07, 6.45) is 6.94. The number of benzene rings is 1. The van der Waals surface area contributed by atoms with Gasteiger partial charge in [-0.15, -0.1) is 0 Å². The van der Waals surface area contributed by atoms with Crippen molar-refractivity contribution in [1.82, 2.24) is 14.4 Å². The first-order valence-electron chi connectivity index (χ1n) is 9.26. The zero-order valence-corrected chi connectivity index (χ0v) is 15.3. The predicted molar refractivity (Wildman–Crippen MR) is 107 cm³/mol. The third kappa shape index (κ3) is 2.97. The second-order valence-corrected chi connectivity index (χ2v) is 7.29. The lowest BCUT2D eigenvalue weighted by Crippen LogP contribution is -2.15. The van der Waals surface area contributed by atoms with Gasteiger partial charge in [0.2, 0.25) is 5.91 Å². The van der Waals surface area contributed by atoms with Gasteiger partial charge in [-0.2, -0.15) is 0 Å². The molecule has 5 nitrogen and oxygen atoms in total. The number of hydrogen-bond donors (Lipinski definition) is 2. The fraction of sp³-hybridized carbons (Fsp3) is 0.182. The van der Waals surface area contributed by atoms with Crippen LogP contribution in [0.15, 0.2) is 61.2 Å². The molecule has 2 N–H and O–H groups in total. The first kappa shape index (κ1) is 16.7. The highest BCUT2D eigenvalue weighted by atomic mass is 19.1. The van der Waals surface area contributed by atoms with E-state index in [2.05, 4.69) is 40.4 Å². The highest BCUT2D eigenvalue weighted by Crippen LogP contribution is 2.35. The Morgan fingerprint density at radius 2 is 2.00 bits per heavy atom. The molecular weight excluding hydrogens is 355 g/mol. The number of halogens is 1. The standard InChI is InChI=1S/C22H19FN4O/c1-13-2-3-14(15-6-7-24-10-15)8-17(13)16-4-5-21-25-20(12-27(21)11-16)26-22(28)18-9-19(18)23/h2-8,10-12,18-19,24H,9H2,1H3,(H,26,28). The van der Waals surface area contributed by atoms with Crippen LogP contribution in [0.5, 0.6) is 0 Å². The van der Waals surface area contributed by atoms with Crippen molar-refractivity contribution in [2.45, 2.75) is 19.5 Å². The number of H-pyrrole nitrogens is 1. The van der Waals surface area contributed by atoms with Gasteiger partial charge >= 0.3 is 0 Å². The number of aryl methyl sites for hydroxylation is 1. The zero-order valence-electron chi connectivity index (χ0n) is 15.3. The van der Waals surface area contributed by atoms with E-state index in [9.17, 15) is 9.18 Å². The Hall–Kier alpha value is -3.41. The number of amides is 1. The van der Waals surface area contributed by atoms with Crippen molar-refractivity contribution in [3.63, 3.8) is 0 Å². The third-order valence-corrected chi connectivity index (χ3v) is 5.23. The van der Waals surface area contributed by atoms with Gasteiger partial charge in [-0.05, 0) is 65.4 Å². The second kappa shape index (κ2) is 6.34. The van der Waals surface area contributed by atoms with E-state index >= 15 is 0 Å². The van der Waals surface area contributed by atoms with Crippen molar-refractivity contribution >= 4 is 17.4 Å². The maximum absolute atomic E-state index is 13.1. The molecule has 3 heterocycles. The molecule has 0 saturated heterocycles. The number of hydrogen-bond acceptors (Lipinski definition) is 2. The molecule has 1 aromatic carbocycles.